The topological polar surface area (TPSA) is 46.6 Å². The molecule has 0 aliphatic rings. The van der Waals surface area contributed by atoms with Gasteiger partial charge in [0, 0.05) is 11.0 Å². The molecular formula is C16H27NO3. The Morgan fingerprint density at radius 2 is 1.95 bits per heavy atom. The molecule has 0 rings (SSSR count). The maximum absolute atomic E-state index is 11.9. The number of allylic oxidation sites excluding steroid dienone is 4. The quantitative estimate of drug-likeness (QED) is 0.508. The Morgan fingerprint density at radius 3 is 2.40 bits per heavy atom. The van der Waals surface area contributed by atoms with Crippen molar-refractivity contribution in [1.82, 2.24) is 4.90 Å². The molecule has 0 spiro atoms. The van der Waals surface area contributed by atoms with Gasteiger partial charge >= 0.3 is 5.97 Å². The summed E-state index contributed by atoms with van der Waals surface area (Å²) >= 11 is 0. The third-order valence-corrected chi connectivity index (χ3v) is 3.00. The van der Waals surface area contributed by atoms with E-state index in [-0.39, 0.29) is 11.7 Å². The van der Waals surface area contributed by atoms with Crippen molar-refractivity contribution in [2.24, 2.45) is 5.92 Å². The summed E-state index contributed by atoms with van der Waals surface area (Å²) < 4.78 is 26.5. The predicted octanol–water partition coefficient (Wildman–Crippen LogP) is 2.60. The van der Waals surface area contributed by atoms with E-state index in [0.29, 0.717) is 6.42 Å². The largest absolute Gasteiger partial charge is 0.460 e. The van der Waals surface area contributed by atoms with E-state index in [9.17, 15) is 9.59 Å². The highest BCUT2D eigenvalue weighted by Crippen LogP contribution is 2.20. The normalized spacial score (nSPS) is 19.4. The number of ketones is 1. The van der Waals surface area contributed by atoms with Gasteiger partial charge < -0.3 is 4.74 Å². The van der Waals surface area contributed by atoms with Crippen LogP contribution in [0.4, 0.5) is 0 Å². The Hall–Kier alpha value is -1.42. The van der Waals surface area contributed by atoms with Crippen molar-refractivity contribution in [3.63, 3.8) is 0 Å². The minimum atomic E-state index is -2.10. The van der Waals surface area contributed by atoms with Crippen molar-refractivity contribution < 1.29 is 18.4 Å². The van der Waals surface area contributed by atoms with Crippen LogP contribution in [0.1, 0.15) is 38.2 Å². The number of Topliss-reactive ketones (excluding diaryl/α,β-unsaturated/α-hetero) is 1. The molecule has 4 nitrogen and oxygen atoms in total. The Bertz CT molecular complexity index is 456. The Kier molecular flexibility index (Phi) is 6.43. The van der Waals surface area contributed by atoms with Crippen LogP contribution in [0.15, 0.2) is 24.3 Å². The number of hydrogen-bond acceptors (Lipinski definition) is 4. The smallest absolute Gasteiger partial charge is 0.302 e. The molecule has 114 valence electrons. The summed E-state index contributed by atoms with van der Waals surface area (Å²) in [6, 6.07) is -0.514. The second-order valence-electron chi connectivity index (χ2n) is 5.09. The van der Waals surface area contributed by atoms with Gasteiger partial charge in [-0.2, -0.15) is 0 Å². The molecule has 0 heterocycles. The van der Waals surface area contributed by atoms with Gasteiger partial charge in [0.2, 0.25) is 0 Å². The molecule has 20 heavy (non-hydrogen) atoms. The standard InChI is InChI=1S/C16H27NO3/c1-7-8-9-10-11-12(2)16(20-14(4)19)15(13(3)18)17(5)6/h7-10,12,15-16H,11H2,1-6H3/b8-7+,10-9+/t12-,15-,16?/m1/s1/i1D3. The van der Waals surface area contributed by atoms with Gasteiger partial charge in [-0.1, -0.05) is 31.2 Å². The summed E-state index contributed by atoms with van der Waals surface area (Å²) in [5.41, 5.74) is 0. The van der Waals surface area contributed by atoms with Crippen molar-refractivity contribution in [3.8, 4) is 0 Å². The number of rotatable bonds is 8. The lowest BCUT2D eigenvalue weighted by molar-refractivity contribution is -0.154. The highest BCUT2D eigenvalue weighted by Gasteiger charge is 2.33. The molecule has 0 aliphatic heterocycles. The highest BCUT2D eigenvalue weighted by atomic mass is 16.5. The van der Waals surface area contributed by atoms with E-state index < -0.39 is 25.0 Å². The number of likely N-dealkylation sites (N-methyl/N-ethyl adjacent to an activating group) is 1. The van der Waals surface area contributed by atoms with Gasteiger partial charge in [-0.3, -0.25) is 14.5 Å². The molecule has 0 saturated carbocycles. The van der Waals surface area contributed by atoms with Crippen LogP contribution in [0.2, 0.25) is 0 Å². The van der Waals surface area contributed by atoms with Gasteiger partial charge in [-0.25, -0.2) is 0 Å². The zero-order chi connectivity index (χ0) is 18.2. The molecular weight excluding hydrogens is 254 g/mol. The van der Waals surface area contributed by atoms with E-state index in [0.717, 1.165) is 6.08 Å². The highest BCUT2D eigenvalue weighted by molar-refractivity contribution is 5.82. The lowest BCUT2D eigenvalue weighted by Crippen LogP contribution is -2.49. The number of nitrogens with zero attached hydrogens (tertiary/aromatic N) is 1. The summed E-state index contributed by atoms with van der Waals surface area (Å²) in [5, 5.41) is 0. The predicted molar refractivity (Wildman–Crippen MR) is 81.4 cm³/mol. The fourth-order valence-corrected chi connectivity index (χ4v) is 2.13. The molecule has 0 aromatic heterocycles. The zero-order valence-electron chi connectivity index (χ0n) is 15.9. The summed E-state index contributed by atoms with van der Waals surface area (Å²) in [5.74, 6) is -0.590. The number of ether oxygens (including phenoxy) is 1. The average molecular weight is 284 g/mol. The lowest BCUT2D eigenvalue weighted by atomic mass is 9.91. The van der Waals surface area contributed by atoms with E-state index in [2.05, 4.69) is 0 Å². The first-order chi connectivity index (χ1) is 10.5. The Balaban J connectivity index is 4.98. The second kappa shape index (κ2) is 9.48. The van der Waals surface area contributed by atoms with Crippen LogP contribution in [-0.4, -0.2) is 42.9 Å². The van der Waals surface area contributed by atoms with Crippen LogP contribution in [0, 0.1) is 5.92 Å². The molecule has 0 aromatic carbocycles. The lowest BCUT2D eigenvalue weighted by Gasteiger charge is -2.33. The summed E-state index contributed by atoms with van der Waals surface area (Å²) in [4.78, 5) is 25.0. The second-order valence-corrected chi connectivity index (χ2v) is 5.09. The van der Waals surface area contributed by atoms with Crippen molar-refractivity contribution in [2.75, 3.05) is 14.1 Å². The zero-order valence-corrected chi connectivity index (χ0v) is 12.9. The van der Waals surface area contributed by atoms with E-state index in [1.54, 1.807) is 31.1 Å². The van der Waals surface area contributed by atoms with Crippen molar-refractivity contribution >= 4 is 11.8 Å². The van der Waals surface area contributed by atoms with Gasteiger partial charge in [-0.15, -0.1) is 0 Å². The molecule has 0 fully saturated rings. The molecule has 0 saturated heterocycles. The number of carbonyl (C=O) groups is 2. The van der Waals surface area contributed by atoms with E-state index in [1.807, 2.05) is 6.92 Å². The molecule has 0 aromatic rings. The summed E-state index contributed by atoms with van der Waals surface area (Å²) in [6.45, 7) is 2.59. The molecule has 4 heteroatoms. The molecule has 0 amide bonds. The van der Waals surface area contributed by atoms with Crippen molar-refractivity contribution in [3.05, 3.63) is 24.3 Å². The fourth-order valence-electron chi connectivity index (χ4n) is 2.13. The first-order valence-corrected chi connectivity index (χ1v) is 6.64. The monoisotopic (exact) mass is 284 g/mol. The minimum absolute atomic E-state index is 0.0700. The van der Waals surface area contributed by atoms with Crippen LogP contribution >= 0.6 is 0 Å². The first-order valence-electron chi connectivity index (χ1n) is 8.14. The van der Waals surface area contributed by atoms with Crippen LogP contribution < -0.4 is 0 Å². The average Bonchev–Trinajstić information content (AvgIpc) is 2.34. The SMILES string of the molecule is [2H]C([2H])([2H])/C=C/C=C/C[C@@H](C)C(OC(C)=O)[C@@H](C(C)=O)N(C)C. The maximum Gasteiger partial charge on any atom is 0.302 e. The summed E-state index contributed by atoms with van der Waals surface area (Å²) in [6.07, 6.45) is 6.05. The van der Waals surface area contributed by atoms with Crippen molar-refractivity contribution in [2.45, 2.75) is 46.2 Å². The number of esters is 1. The van der Waals surface area contributed by atoms with E-state index in [1.165, 1.54) is 19.9 Å². The van der Waals surface area contributed by atoms with Crippen molar-refractivity contribution in [1.29, 1.82) is 0 Å². The van der Waals surface area contributed by atoms with Crippen LogP contribution in [0.3, 0.4) is 0 Å². The Morgan fingerprint density at radius 1 is 1.30 bits per heavy atom. The molecule has 0 N–H and O–H groups in total. The molecule has 0 aliphatic carbocycles. The van der Waals surface area contributed by atoms with Crippen LogP contribution in [0.25, 0.3) is 0 Å². The first kappa shape index (κ1) is 13.6. The minimum Gasteiger partial charge on any atom is -0.460 e. The third-order valence-electron chi connectivity index (χ3n) is 3.00. The van der Waals surface area contributed by atoms with Gasteiger partial charge in [0.15, 0.2) is 5.78 Å². The Labute approximate surface area is 126 Å². The molecule has 3 atom stereocenters. The fraction of sp³-hybridized carbons (Fsp3) is 0.625. The third kappa shape index (κ3) is 6.66. The van der Waals surface area contributed by atoms with E-state index >= 15 is 0 Å². The van der Waals surface area contributed by atoms with Gasteiger partial charge in [0.25, 0.3) is 0 Å². The summed E-state index contributed by atoms with van der Waals surface area (Å²) in [7, 11) is 3.54. The van der Waals surface area contributed by atoms with Crippen LogP contribution in [-0.2, 0) is 14.3 Å². The molecule has 1 unspecified atom stereocenters. The number of carbonyl (C=O) groups excluding carboxylic acids is 2. The van der Waals surface area contributed by atoms with E-state index in [4.69, 9.17) is 8.85 Å². The van der Waals surface area contributed by atoms with Gasteiger partial charge in [0.1, 0.15) is 12.1 Å². The maximum atomic E-state index is 11.9. The van der Waals surface area contributed by atoms with Gasteiger partial charge in [0.05, 0.1) is 0 Å². The van der Waals surface area contributed by atoms with Crippen LogP contribution in [0.5, 0.6) is 0 Å². The van der Waals surface area contributed by atoms with Gasteiger partial charge in [-0.05, 0) is 40.2 Å². The molecule has 0 radical (unpaired) electrons. The number of hydrogen-bond donors (Lipinski definition) is 0. The molecule has 0 bridgehead atoms.